The van der Waals surface area contributed by atoms with E-state index in [2.05, 4.69) is 31.3 Å². The van der Waals surface area contributed by atoms with E-state index in [0.717, 1.165) is 12.8 Å². The third-order valence-electron chi connectivity index (χ3n) is 3.30. The van der Waals surface area contributed by atoms with E-state index >= 15 is 0 Å². The lowest BCUT2D eigenvalue weighted by molar-refractivity contribution is 0.0821. The summed E-state index contributed by atoms with van der Waals surface area (Å²) in [6.45, 7) is 6.22. The lowest BCUT2D eigenvalue weighted by Gasteiger charge is -2.47. The van der Waals surface area contributed by atoms with Crippen LogP contribution in [0.2, 0.25) is 0 Å². The van der Waals surface area contributed by atoms with E-state index in [1.165, 1.54) is 0 Å². The third-order valence-corrected chi connectivity index (χ3v) is 3.30. The molecule has 1 saturated carbocycles. The number of rotatable bonds is 1. The summed E-state index contributed by atoms with van der Waals surface area (Å²) in [5, 5.41) is 21.6. The Hall–Kier alpha value is -1.06. The summed E-state index contributed by atoms with van der Waals surface area (Å²) in [4.78, 5) is 0. The maximum atomic E-state index is 9.28. The quantitative estimate of drug-likeness (QED) is 0.714. The molecule has 1 fully saturated rings. The first-order chi connectivity index (χ1) is 6.80. The Balaban J connectivity index is 3.08. The van der Waals surface area contributed by atoms with Gasteiger partial charge in [-0.2, -0.15) is 10.5 Å². The largest absolute Gasteiger partial charge is 0.302 e. The molecule has 1 aliphatic rings. The van der Waals surface area contributed by atoms with Crippen molar-refractivity contribution in [2.75, 3.05) is 7.05 Å². The van der Waals surface area contributed by atoms with E-state index in [0.29, 0.717) is 6.42 Å². The molecule has 15 heavy (non-hydrogen) atoms. The van der Waals surface area contributed by atoms with Gasteiger partial charge in [0.05, 0.1) is 17.6 Å². The van der Waals surface area contributed by atoms with Crippen molar-refractivity contribution >= 4 is 0 Å². The van der Waals surface area contributed by atoms with Crippen LogP contribution >= 0.6 is 0 Å². The molecule has 1 rings (SSSR count). The van der Waals surface area contributed by atoms with Crippen molar-refractivity contribution < 1.29 is 0 Å². The van der Waals surface area contributed by atoms with Crippen molar-refractivity contribution in [3.05, 3.63) is 0 Å². The van der Waals surface area contributed by atoms with Gasteiger partial charge in [0.1, 0.15) is 5.54 Å². The molecule has 3 nitrogen and oxygen atoms in total. The smallest absolute Gasteiger partial charge is 0.108 e. The van der Waals surface area contributed by atoms with Crippen LogP contribution in [0.4, 0.5) is 0 Å². The van der Waals surface area contributed by atoms with Crippen LogP contribution in [0, 0.1) is 33.5 Å². The molecule has 0 aliphatic heterocycles. The van der Waals surface area contributed by atoms with E-state index in [9.17, 15) is 10.5 Å². The molecule has 82 valence electrons. The Morgan fingerprint density at radius 2 is 1.60 bits per heavy atom. The zero-order valence-electron chi connectivity index (χ0n) is 10.0. The summed E-state index contributed by atoms with van der Waals surface area (Å²) in [5.74, 6) is 0. The first-order valence-corrected chi connectivity index (χ1v) is 5.32. The van der Waals surface area contributed by atoms with Gasteiger partial charge in [0.25, 0.3) is 0 Å². The molecule has 0 heterocycles. The topological polar surface area (TPSA) is 59.6 Å². The fourth-order valence-electron chi connectivity index (χ4n) is 3.12. The molecule has 1 aliphatic carbocycles. The van der Waals surface area contributed by atoms with Gasteiger partial charge in [-0.05, 0) is 38.6 Å². The zero-order valence-corrected chi connectivity index (χ0v) is 10.0. The predicted octanol–water partition coefficient (Wildman–Crippen LogP) is 2.21. The van der Waals surface area contributed by atoms with Crippen LogP contribution < -0.4 is 5.32 Å². The van der Waals surface area contributed by atoms with Gasteiger partial charge < -0.3 is 5.32 Å². The lowest BCUT2D eigenvalue weighted by atomic mass is 9.58. The fraction of sp³-hybridized carbons (Fsp3) is 0.833. The maximum absolute atomic E-state index is 9.28. The van der Waals surface area contributed by atoms with E-state index in [1.807, 2.05) is 14.0 Å². The number of hydrogen-bond donors (Lipinski definition) is 1. The van der Waals surface area contributed by atoms with Gasteiger partial charge in [-0.25, -0.2) is 0 Å². The van der Waals surface area contributed by atoms with Crippen molar-refractivity contribution in [2.24, 2.45) is 10.8 Å². The summed E-state index contributed by atoms with van der Waals surface area (Å²) in [5.41, 5.74) is -0.881. The summed E-state index contributed by atoms with van der Waals surface area (Å²) in [6.07, 6.45) is 2.29. The molecule has 0 spiro atoms. The standard InChI is InChI=1S/C12H19N3/c1-10(2)5-11(3,8-13)7-12(6-10,9-14)15-4/h15H,5-7H2,1-4H3. The van der Waals surface area contributed by atoms with Gasteiger partial charge in [0.2, 0.25) is 0 Å². The molecule has 3 heteroatoms. The molecule has 0 bridgehead atoms. The average Bonchev–Trinajstić information content (AvgIpc) is 2.15. The van der Waals surface area contributed by atoms with E-state index in [4.69, 9.17) is 0 Å². The van der Waals surface area contributed by atoms with Crippen molar-refractivity contribution in [3.63, 3.8) is 0 Å². The van der Waals surface area contributed by atoms with Crippen molar-refractivity contribution in [1.82, 2.24) is 5.32 Å². The molecular formula is C12H19N3. The van der Waals surface area contributed by atoms with Gasteiger partial charge >= 0.3 is 0 Å². The minimum Gasteiger partial charge on any atom is -0.302 e. The number of hydrogen-bond acceptors (Lipinski definition) is 3. The zero-order chi connectivity index (χ0) is 11.7. The molecule has 0 aromatic carbocycles. The Kier molecular flexibility index (Phi) is 2.81. The molecule has 0 saturated heterocycles. The Bertz CT molecular complexity index is 334. The number of nitriles is 2. The first-order valence-electron chi connectivity index (χ1n) is 5.32. The lowest BCUT2D eigenvalue weighted by Crippen LogP contribution is -2.53. The van der Waals surface area contributed by atoms with E-state index in [-0.39, 0.29) is 10.8 Å². The fourth-order valence-corrected chi connectivity index (χ4v) is 3.12. The molecule has 0 aromatic heterocycles. The van der Waals surface area contributed by atoms with Crippen molar-refractivity contribution in [2.45, 2.75) is 45.6 Å². The molecule has 2 unspecified atom stereocenters. The van der Waals surface area contributed by atoms with Crippen molar-refractivity contribution in [1.29, 1.82) is 10.5 Å². The molecule has 2 atom stereocenters. The molecule has 1 N–H and O–H groups in total. The summed E-state index contributed by atoms with van der Waals surface area (Å²) >= 11 is 0. The van der Waals surface area contributed by atoms with Gasteiger partial charge in [-0.3, -0.25) is 0 Å². The van der Waals surface area contributed by atoms with Crippen LogP contribution in [0.3, 0.4) is 0 Å². The average molecular weight is 205 g/mol. The second kappa shape index (κ2) is 3.51. The third kappa shape index (κ3) is 2.30. The van der Waals surface area contributed by atoms with Crippen LogP contribution in [0.15, 0.2) is 0 Å². The summed E-state index contributed by atoms with van der Waals surface area (Å²) < 4.78 is 0. The highest BCUT2D eigenvalue weighted by Crippen LogP contribution is 2.49. The Morgan fingerprint density at radius 1 is 1.00 bits per heavy atom. The van der Waals surface area contributed by atoms with Crippen LogP contribution in [0.25, 0.3) is 0 Å². The predicted molar refractivity (Wildman–Crippen MR) is 58.8 cm³/mol. The maximum Gasteiger partial charge on any atom is 0.108 e. The second-order valence-corrected chi connectivity index (χ2v) is 5.81. The Labute approximate surface area is 92.1 Å². The van der Waals surface area contributed by atoms with Crippen LogP contribution in [0.1, 0.15) is 40.0 Å². The highest BCUT2D eigenvalue weighted by Gasteiger charge is 2.49. The van der Waals surface area contributed by atoms with Gasteiger partial charge in [0.15, 0.2) is 0 Å². The summed E-state index contributed by atoms with van der Waals surface area (Å²) in [7, 11) is 1.81. The number of nitrogens with zero attached hydrogens (tertiary/aromatic N) is 2. The highest BCUT2D eigenvalue weighted by atomic mass is 14.9. The minimum absolute atomic E-state index is 0.0431. The van der Waals surface area contributed by atoms with Gasteiger partial charge in [-0.1, -0.05) is 13.8 Å². The van der Waals surface area contributed by atoms with E-state index in [1.54, 1.807) is 0 Å². The SMILES string of the molecule is CNC1(C#N)CC(C)(C)CC(C)(C#N)C1. The van der Waals surface area contributed by atoms with Crippen LogP contribution in [0.5, 0.6) is 0 Å². The van der Waals surface area contributed by atoms with Gasteiger partial charge in [0, 0.05) is 0 Å². The molecular weight excluding hydrogens is 186 g/mol. The van der Waals surface area contributed by atoms with Crippen LogP contribution in [-0.2, 0) is 0 Å². The number of nitrogens with one attached hydrogen (secondary N) is 1. The minimum atomic E-state index is -0.535. The van der Waals surface area contributed by atoms with Gasteiger partial charge in [-0.15, -0.1) is 0 Å². The molecule has 0 aromatic rings. The normalized spacial score (nSPS) is 39.1. The van der Waals surface area contributed by atoms with E-state index < -0.39 is 5.54 Å². The second-order valence-electron chi connectivity index (χ2n) is 5.81. The Morgan fingerprint density at radius 3 is 2.00 bits per heavy atom. The molecule has 0 radical (unpaired) electrons. The highest BCUT2D eigenvalue weighted by molar-refractivity contribution is 5.18. The summed E-state index contributed by atoms with van der Waals surface area (Å²) in [6, 6.07) is 4.72. The first kappa shape index (κ1) is 12.0. The monoisotopic (exact) mass is 205 g/mol. The molecule has 0 amide bonds. The van der Waals surface area contributed by atoms with Crippen LogP contribution in [-0.4, -0.2) is 12.6 Å². The van der Waals surface area contributed by atoms with Crippen molar-refractivity contribution in [3.8, 4) is 12.1 Å².